The number of benzene rings is 2. The normalized spacial score (nSPS) is 17.0. The Hall–Kier alpha value is -2.83. The maximum atomic E-state index is 13.3. The number of halogens is 4. The highest BCUT2D eigenvalue weighted by molar-refractivity contribution is 7.89. The lowest BCUT2D eigenvalue weighted by molar-refractivity contribution is -0.140. The van der Waals surface area contributed by atoms with E-state index >= 15 is 0 Å². The van der Waals surface area contributed by atoms with Crippen LogP contribution < -0.4 is 14.2 Å². The number of carbonyl (C=O) groups excluding carboxylic acids is 1. The zero-order chi connectivity index (χ0) is 25.3. The van der Waals surface area contributed by atoms with Crippen LogP contribution in [0.15, 0.2) is 36.4 Å². The second-order valence-electron chi connectivity index (χ2n) is 7.32. The number of rotatable bonds is 8. The number of alkyl halides is 3. The van der Waals surface area contributed by atoms with Crippen LogP contribution in [0.3, 0.4) is 0 Å². The molecule has 0 bridgehead atoms. The van der Waals surface area contributed by atoms with Gasteiger partial charge in [-0.2, -0.15) is 17.9 Å². The molecule has 2 aromatic rings. The van der Waals surface area contributed by atoms with Gasteiger partial charge in [0.15, 0.2) is 11.8 Å². The summed E-state index contributed by atoms with van der Waals surface area (Å²) in [6.45, 7) is 0.467. The number of ether oxygens (including phenoxy) is 2. The number of carboxylic acid groups (broad SMARTS) is 1. The number of hydrogen-bond acceptors (Lipinski definition) is 6. The van der Waals surface area contributed by atoms with Crippen molar-refractivity contribution < 1.29 is 45.8 Å². The number of nitrogens with one attached hydrogen (secondary N) is 1. The summed E-state index contributed by atoms with van der Waals surface area (Å²) < 4.78 is 76.5. The minimum Gasteiger partial charge on any atom is -0.491 e. The van der Waals surface area contributed by atoms with E-state index in [9.17, 15) is 36.3 Å². The van der Waals surface area contributed by atoms with Gasteiger partial charge in [-0.15, -0.1) is 0 Å². The second-order valence-corrected chi connectivity index (χ2v) is 9.77. The van der Waals surface area contributed by atoms with Crippen LogP contribution in [0.4, 0.5) is 13.2 Å². The predicted molar refractivity (Wildman–Crippen MR) is 115 cm³/mol. The molecule has 13 heteroatoms. The fourth-order valence-corrected chi connectivity index (χ4v) is 4.20. The molecule has 1 aliphatic rings. The molecule has 3 rings (SSSR count). The number of fused-ring (bicyclic) bond motifs is 1. The van der Waals surface area contributed by atoms with Crippen molar-refractivity contribution in [1.29, 1.82) is 0 Å². The molecule has 34 heavy (non-hydrogen) atoms. The molecular formula is C21H19ClF3NO7S. The van der Waals surface area contributed by atoms with Crippen LogP contribution in [-0.4, -0.2) is 43.7 Å². The van der Waals surface area contributed by atoms with Crippen molar-refractivity contribution in [3.63, 3.8) is 0 Å². The van der Waals surface area contributed by atoms with Crippen molar-refractivity contribution >= 4 is 33.4 Å². The summed E-state index contributed by atoms with van der Waals surface area (Å²) in [6, 6.07) is 5.24. The molecule has 0 unspecified atom stereocenters. The molecule has 2 aromatic carbocycles. The molecule has 2 atom stereocenters. The molecule has 184 valence electrons. The van der Waals surface area contributed by atoms with Crippen molar-refractivity contribution in [2.45, 2.75) is 31.7 Å². The van der Waals surface area contributed by atoms with Crippen LogP contribution in [0.1, 0.15) is 40.9 Å². The van der Waals surface area contributed by atoms with E-state index in [0.717, 1.165) is 12.1 Å². The third kappa shape index (κ3) is 5.80. The second kappa shape index (κ2) is 9.80. The molecule has 0 aliphatic carbocycles. The van der Waals surface area contributed by atoms with E-state index in [1.807, 2.05) is 4.72 Å². The standard InChI is InChI=1S/C21H19ClF3NO7S/c1-2-34(30,31)26-15(20(28)29)10-32-17-8-11(21(23,24)25)6-7-13(17)18-9-16(27)12-4-3-5-14(22)19(12)33-18/h3-8,15,18,26H,2,9-10H2,1H3,(H,28,29)/t15-,18-/m1/s1. The molecular weight excluding hydrogens is 503 g/mol. The molecule has 1 aliphatic heterocycles. The Labute approximate surface area is 197 Å². The van der Waals surface area contributed by atoms with E-state index < -0.39 is 58.0 Å². The smallest absolute Gasteiger partial charge is 0.416 e. The molecule has 1 heterocycles. The van der Waals surface area contributed by atoms with Gasteiger partial charge in [0.2, 0.25) is 10.0 Å². The molecule has 0 spiro atoms. The number of ketones is 1. The van der Waals surface area contributed by atoms with E-state index in [2.05, 4.69) is 0 Å². The SMILES string of the molecule is CCS(=O)(=O)N[C@H](COc1cc(C(F)(F)F)ccc1[C@H]1CC(=O)c2cccc(Cl)c2O1)C(=O)O. The summed E-state index contributed by atoms with van der Waals surface area (Å²) >= 11 is 6.11. The largest absolute Gasteiger partial charge is 0.491 e. The first-order valence-electron chi connectivity index (χ1n) is 9.87. The van der Waals surface area contributed by atoms with Crippen LogP contribution in [0.25, 0.3) is 0 Å². The number of aliphatic carboxylic acids is 1. The number of carbonyl (C=O) groups is 2. The maximum absolute atomic E-state index is 13.3. The Morgan fingerprint density at radius 2 is 2.03 bits per heavy atom. The molecule has 8 nitrogen and oxygen atoms in total. The fourth-order valence-electron chi connectivity index (χ4n) is 3.21. The van der Waals surface area contributed by atoms with Gasteiger partial charge in [-0.25, -0.2) is 8.42 Å². The molecule has 2 N–H and O–H groups in total. The highest BCUT2D eigenvalue weighted by Crippen LogP contribution is 2.43. The van der Waals surface area contributed by atoms with Crippen molar-refractivity contribution in [2.24, 2.45) is 0 Å². The van der Waals surface area contributed by atoms with Gasteiger partial charge in [-0.3, -0.25) is 9.59 Å². The Morgan fingerprint density at radius 1 is 1.32 bits per heavy atom. The lowest BCUT2D eigenvalue weighted by Crippen LogP contribution is -2.45. The summed E-state index contributed by atoms with van der Waals surface area (Å²) in [5, 5.41) is 9.45. The van der Waals surface area contributed by atoms with Crippen LogP contribution in [0.5, 0.6) is 11.5 Å². The third-order valence-corrected chi connectivity index (χ3v) is 6.69. The first kappa shape index (κ1) is 25.8. The number of para-hydroxylation sites is 1. The average molecular weight is 522 g/mol. The first-order chi connectivity index (χ1) is 15.8. The van der Waals surface area contributed by atoms with Crippen LogP contribution >= 0.6 is 11.6 Å². The van der Waals surface area contributed by atoms with Gasteiger partial charge in [-0.1, -0.05) is 23.7 Å². The summed E-state index contributed by atoms with van der Waals surface area (Å²) in [7, 11) is -3.95. The van der Waals surface area contributed by atoms with Gasteiger partial charge < -0.3 is 14.6 Å². The average Bonchev–Trinajstić information content (AvgIpc) is 2.76. The molecule has 0 aromatic heterocycles. The van der Waals surface area contributed by atoms with Gasteiger partial charge in [-0.05, 0) is 31.2 Å². The van der Waals surface area contributed by atoms with Gasteiger partial charge in [0, 0.05) is 5.56 Å². The van der Waals surface area contributed by atoms with E-state index in [4.69, 9.17) is 21.1 Å². The predicted octanol–water partition coefficient (Wildman–Crippen LogP) is 3.84. The van der Waals surface area contributed by atoms with E-state index in [-0.39, 0.29) is 34.1 Å². The first-order valence-corrected chi connectivity index (χ1v) is 11.9. The summed E-state index contributed by atoms with van der Waals surface area (Å²) in [4.78, 5) is 24.1. The zero-order valence-electron chi connectivity index (χ0n) is 17.6. The highest BCUT2D eigenvalue weighted by Gasteiger charge is 2.35. The zero-order valence-corrected chi connectivity index (χ0v) is 19.1. The third-order valence-electron chi connectivity index (χ3n) is 4.99. The fraction of sp³-hybridized carbons (Fsp3) is 0.333. The minimum atomic E-state index is -4.74. The van der Waals surface area contributed by atoms with Gasteiger partial charge in [0.05, 0.1) is 28.3 Å². The van der Waals surface area contributed by atoms with Crippen molar-refractivity contribution in [3.05, 3.63) is 58.1 Å². The Morgan fingerprint density at radius 3 is 2.65 bits per heavy atom. The monoisotopic (exact) mass is 521 g/mol. The van der Waals surface area contributed by atoms with E-state index in [1.54, 1.807) is 6.07 Å². The Bertz CT molecular complexity index is 1220. The highest BCUT2D eigenvalue weighted by atomic mass is 35.5. The van der Waals surface area contributed by atoms with Crippen molar-refractivity contribution in [3.8, 4) is 11.5 Å². The summed E-state index contributed by atoms with van der Waals surface area (Å²) in [6.07, 6.45) is -6.06. The molecule has 0 saturated carbocycles. The Kier molecular flexibility index (Phi) is 7.44. The Balaban J connectivity index is 1.97. The van der Waals surface area contributed by atoms with Gasteiger partial charge in [0.25, 0.3) is 0 Å². The molecule has 0 radical (unpaired) electrons. The lowest BCUT2D eigenvalue weighted by Gasteiger charge is -2.28. The molecule has 0 amide bonds. The maximum Gasteiger partial charge on any atom is 0.416 e. The number of carboxylic acids is 1. The van der Waals surface area contributed by atoms with E-state index in [0.29, 0.717) is 6.07 Å². The number of sulfonamides is 1. The van der Waals surface area contributed by atoms with E-state index in [1.165, 1.54) is 19.1 Å². The number of Topliss-reactive ketones (excluding diaryl/α,β-unsaturated/α-hetero) is 1. The van der Waals surface area contributed by atoms with Crippen molar-refractivity contribution in [1.82, 2.24) is 4.72 Å². The quantitative estimate of drug-likeness (QED) is 0.541. The van der Waals surface area contributed by atoms with Crippen LogP contribution in [-0.2, 0) is 21.0 Å². The van der Waals surface area contributed by atoms with Gasteiger partial charge >= 0.3 is 12.1 Å². The van der Waals surface area contributed by atoms with Gasteiger partial charge in [0.1, 0.15) is 24.2 Å². The lowest BCUT2D eigenvalue weighted by atomic mass is 9.95. The topological polar surface area (TPSA) is 119 Å². The molecule has 0 saturated heterocycles. The minimum absolute atomic E-state index is 0.0365. The van der Waals surface area contributed by atoms with Crippen molar-refractivity contribution in [2.75, 3.05) is 12.4 Å². The number of hydrogen-bond donors (Lipinski definition) is 2. The summed E-state index contributed by atoms with van der Waals surface area (Å²) in [5.74, 6) is -2.71. The molecule has 0 fully saturated rings. The summed E-state index contributed by atoms with van der Waals surface area (Å²) in [5.41, 5.74) is -0.833. The van der Waals surface area contributed by atoms with Crippen LogP contribution in [0.2, 0.25) is 5.02 Å². The van der Waals surface area contributed by atoms with Crippen LogP contribution in [0, 0.1) is 0 Å².